The van der Waals surface area contributed by atoms with Gasteiger partial charge in [-0.15, -0.1) is 11.3 Å². The molecular formula is C31H32N6O2S. The van der Waals surface area contributed by atoms with Gasteiger partial charge in [0, 0.05) is 69.9 Å². The van der Waals surface area contributed by atoms with Crippen molar-refractivity contribution < 1.29 is 9.59 Å². The normalized spacial score (nSPS) is 17.9. The van der Waals surface area contributed by atoms with Crippen LogP contribution in [0.25, 0.3) is 10.8 Å². The second kappa shape index (κ2) is 10.5. The van der Waals surface area contributed by atoms with Crippen LogP contribution in [0, 0.1) is 0 Å². The number of amides is 3. The number of urea groups is 1. The van der Waals surface area contributed by atoms with Gasteiger partial charge in [0.1, 0.15) is 11.5 Å². The maximum absolute atomic E-state index is 13.5. The Morgan fingerprint density at radius 3 is 2.15 bits per heavy atom. The zero-order valence-corrected chi connectivity index (χ0v) is 23.2. The Morgan fingerprint density at radius 1 is 0.775 bits per heavy atom. The summed E-state index contributed by atoms with van der Waals surface area (Å²) in [6.07, 6.45) is 3.56. The number of piperazine rings is 1. The number of piperidine rings is 1. The first kappa shape index (κ1) is 25.0. The van der Waals surface area contributed by atoms with Gasteiger partial charge >= 0.3 is 6.03 Å². The van der Waals surface area contributed by atoms with E-state index in [1.165, 1.54) is 21.9 Å². The summed E-state index contributed by atoms with van der Waals surface area (Å²) in [7, 11) is 0. The molecule has 2 aromatic heterocycles. The molecule has 0 saturated carbocycles. The summed E-state index contributed by atoms with van der Waals surface area (Å²) in [5.41, 5.74) is 2.92. The number of pyridine rings is 1. The number of carbonyl (C=O) groups excluding carboxylic acids is 2. The molecule has 9 heteroatoms. The second-order valence-corrected chi connectivity index (χ2v) is 11.8. The predicted molar refractivity (Wildman–Crippen MR) is 157 cm³/mol. The van der Waals surface area contributed by atoms with Crippen LogP contribution in [-0.2, 0) is 13.1 Å². The molecule has 40 heavy (non-hydrogen) atoms. The van der Waals surface area contributed by atoms with Crippen LogP contribution in [0.4, 0.5) is 10.6 Å². The topological polar surface area (TPSA) is 72.9 Å². The monoisotopic (exact) mass is 552 g/mol. The molecule has 3 aliphatic rings. The SMILES string of the molecule is O=C(c1csc(C2CCN(C(=O)N3CCN(c4ccccn4)CC3)CC2)n1)N1Cc2cccc3cccc(c23)C1. The van der Waals surface area contributed by atoms with Crippen LogP contribution >= 0.6 is 11.3 Å². The quantitative estimate of drug-likeness (QED) is 0.359. The summed E-state index contributed by atoms with van der Waals surface area (Å²) in [5, 5.41) is 5.44. The van der Waals surface area contributed by atoms with Crippen LogP contribution < -0.4 is 4.90 Å². The maximum Gasteiger partial charge on any atom is 0.320 e. The summed E-state index contributed by atoms with van der Waals surface area (Å²) in [5.74, 6) is 1.25. The van der Waals surface area contributed by atoms with Crippen molar-refractivity contribution in [2.24, 2.45) is 0 Å². The van der Waals surface area contributed by atoms with E-state index in [0.29, 0.717) is 31.9 Å². The largest absolute Gasteiger partial charge is 0.353 e. The Balaban J connectivity index is 0.942. The molecule has 0 unspecified atom stereocenters. The molecule has 2 fully saturated rings. The Bertz CT molecular complexity index is 1500. The van der Waals surface area contributed by atoms with Crippen molar-refractivity contribution in [1.29, 1.82) is 0 Å². The van der Waals surface area contributed by atoms with E-state index in [1.54, 1.807) is 11.3 Å². The molecular weight excluding hydrogens is 520 g/mol. The summed E-state index contributed by atoms with van der Waals surface area (Å²) >= 11 is 1.58. The average molecular weight is 553 g/mol. The number of benzene rings is 2. The molecule has 2 aromatic carbocycles. The highest BCUT2D eigenvalue weighted by Gasteiger charge is 2.31. The van der Waals surface area contributed by atoms with Crippen LogP contribution in [0.2, 0.25) is 0 Å². The van der Waals surface area contributed by atoms with Crippen LogP contribution in [0.15, 0.2) is 66.2 Å². The lowest BCUT2D eigenvalue weighted by Crippen LogP contribution is -2.54. The van der Waals surface area contributed by atoms with E-state index in [1.807, 2.05) is 44.5 Å². The third kappa shape index (κ3) is 4.68. The minimum Gasteiger partial charge on any atom is -0.353 e. The Hall–Kier alpha value is -3.98. The molecule has 2 saturated heterocycles. The number of anilines is 1. The first-order valence-electron chi connectivity index (χ1n) is 14.1. The lowest BCUT2D eigenvalue weighted by atomic mass is 9.95. The first-order valence-corrected chi connectivity index (χ1v) is 15.0. The van der Waals surface area contributed by atoms with Crippen LogP contribution in [-0.4, -0.2) is 75.9 Å². The number of carbonyl (C=O) groups is 2. The molecule has 0 bridgehead atoms. The number of likely N-dealkylation sites (tertiary alicyclic amines) is 1. The summed E-state index contributed by atoms with van der Waals surface area (Å²) < 4.78 is 0. The van der Waals surface area contributed by atoms with E-state index in [9.17, 15) is 9.59 Å². The Labute approximate surface area is 237 Å². The third-order valence-corrected chi connectivity index (χ3v) is 9.47. The fourth-order valence-electron chi connectivity index (χ4n) is 6.30. The zero-order valence-electron chi connectivity index (χ0n) is 22.4. The van der Waals surface area contributed by atoms with Crippen molar-refractivity contribution >= 4 is 39.9 Å². The van der Waals surface area contributed by atoms with Crippen molar-refractivity contribution in [2.45, 2.75) is 31.8 Å². The molecule has 4 aromatic rings. The van der Waals surface area contributed by atoms with Gasteiger partial charge in [-0.05, 0) is 46.9 Å². The van der Waals surface area contributed by atoms with Gasteiger partial charge in [0.05, 0.1) is 5.01 Å². The van der Waals surface area contributed by atoms with Crippen molar-refractivity contribution in [3.63, 3.8) is 0 Å². The van der Waals surface area contributed by atoms with Crippen LogP contribution in [0.1, 0.15) is 45.4 Å². The molecule has 0 radical (unpaired) electrons. The van der Waals surface area contributed by atoms with E-state index < -0.39 is 0 Å². The summed E-state index contributed by atoms with van der Waals surface area (Å²) in [4.78, 5) is 44.0. The van der Waals surface area contributed by atoms with E-state index in [-0.39, 0.29) is 17.9 Å². The van der Waals surface area contributed by atoms with Gasteiger partial charge in [-0.3, -0.25) is 4.79 Å². The fraction of sp³-hybridized carbons (Fsp3) is 0.355. The molecule has 7 rings (SSSR count). The lowest BCUT2D eigenvalue weighted by molar-refractivity contribution is 0.0721. The molecule has 0 aliphatic carbocycles. The van der Waals surface area contributed by atoms with E-state index in [2.05, 4.69) is 46.3 Å². The van der Waals surface area contributed by atoms with Gasteiger partial charge in [0.15, 0.2) is 0 Å². The number of aromatic nitrogens is 2. The van der Waals surface area contributed by atoms with E-state index >= 15 is 0 Å². The van der Waals surface area contributed by atoms with Crippen molar-refractivity contribution in [1.82, 2.24) is 24.7 Å². The van der Waals surface area contributed by atoms with Crippen molar-refractivity contribution in [3.8, 4) is 0 Å². The number of rotatable bonds is 3. The Kier molecular flexibility index (Phi) is 6.59. The molecule has 0 N–H and O–H groups in total. The van der Waals surface area contributed by atoms with Crippen LogP contribution in [0.5, 0.6) is 0 Å². The number of hydrogen-bond donors (Lipinski definition) is 0. The number of thiazole rings is 1. The maximum atomic E-state index is 13.5. The minimum atomic E-state index is -0.00790. The van der Waals surface area contributed by atoms with Crippen molar-refractivity contribution in [3.05, 3.63) is 88.0 Å². The van der Waals surface area contributed by atoms with Gasteiger partial charge in [-0.25, -0.2) is 14.8 Å². The molecule has 204 valence electrons. The zero-order chi connectivity index (χ0) is 27.1. The van der Waals surface area contributed by atoms with E-state index in [4.69, 9.17) is 4.98 Å². The highest BCUT2D eigenvalue weighted by atomic mass is 32.1. The number of hydrogen-bond acceptors (Lipinski definition) is 6. The highest BCUT2D eigenvalue weighted by molar-refractivity contribution is 7.09. The smallest absolute Gasteiger partial charge is 0.320 e. The van der Waals surface area contributed by atoms with Crippen molar-refractivity contribution in [2.75, 3.05) is 44.2 Å². The summed E-state index contributed by atoms with van der Waals surface area (Å²) in [6, 6.07) is 18.7. The van der Waals surface area contributed by atoms with Gasteiger partial charge < -0.3 is 19.6 Å². The van der Waals surface area contributed by atoms with E-state index in [0.717, 1.165) is 49.8 Å². The molecule has 3 amide bonds. The van der Waals surface area contributed by atoms with Gasteiger partial charge in [-0.1, -0.05) is 42.5 Å². The lowest BCUT2D eigenvalue weighted by Gasteiger charge is -2.39. The highest BCUT2D eigenvalue weighted by Crippen LogP contribution is 2.33. The number of nitrogens with zero attached hydrogens (tertiary/aromatic N) is 6. The van der Waals surface area contributed by atoms with Gasteiger partial charge in [0.2, 0.25) is 0 Å². The first-order chi connectivity index (χ1) is 19.6. The predicted octanol–water partition coefficient (Wildman–Crippen LogP) is 4.97. The third-order valence-electron chi connectivity index (χ3n) is 8.47. The van der Waals surface area contributed by atoms with Gasteiger partial charge in [-0.2, -0.15) is 0 Å². The van der Waals surface area contributed by atoms with Crippen LogP contribution in [0.3, 0.4) is 0 Å². The Morgan fingerprint density at radius 2 is 1.48 bits per heavy atom. The summed E-state index contributed by atoms with van der Waals surface area (Å²) in [6.45, 7) is 5.68. The standard InChI is InChI=1S/C31H32N6O2S/c38-30(37-19-24-7-3-5-22-6-4-8-25(20-37)28(22)24)26-21-40-29(33-26)23-10-13-35(14-11-23)31(39)36-17-15-34(16-18-36)27-9-1-2-12-32-27/h1-9,12,21,23H,10-11,13-20H2. The van der Waals surface area contributed by atoms with Gasteiger partial charge in [0.25, 0.3) is 5.91 Å². The molecule has 5 heterocycles. The molecule has 8 nitrogen and oxygen atoms in total. The second-order valence-electron chi connectivity index (χ2n) is 10.9. The molecule has 0 atom stereocenters. The molecule has 0 spiro atoms. The molecule has 3 aliphatic heterocycles. The minimum absolute atomic E-state index is 0.00790. The fourth-order valence-corrected chi connectivity index (χ4v) is 7.26. The average Bonchev–Trinajstić information content (AvgIpc) is 3.52.